The number of benzene rings is 1. The number of rotatable bonds is 5. The lowest BCUT2D eigenvalue weighted by atomic mass is 9.79. The molecule has 172 valence electrons. The van der Waals surface area contributed by atoms with Crippen molar-refractivity contribution in [3.63, 3.8) is 0 Å². The van der Waals surface area contributed by atoms with E-state index in [-0.39, 0.29) is 23.2 Å². The van der Waals surface area contributed by atoms with E-state index >= 15 is 0 Å². The average molecular weight is 452 g/mol. The molecule has 1 aromatic heterocycles. The summed E-state index contributed by atoms with van der Waals surface area (Å²) in [4.78, 5) is 46.5. The molecule has 0 aliphatic carbocycles. The van der Waals surface area contributed by atoms with Gasteiger partial charge in [0.2, 0.25) is 17.8 Å². The van der Waals surface area contributed by atoms with Gasteiger partial charge in [-0.1, -0.05) is 6.07 Å². The van der Waals surface area contributed by atoms with Crippen LogP contribution in [0.5, 0.6) is 11.5 Å². The molecule has 0 saturated carbocycles. The number of piperidine rings is 1. The zero-order chi connectivity index (χ0) is 23.7. The van der Waals surface area contributed by atoms with Crippen LogP contribution < -0.4 is 31.0 Å². The quantitative estimate of drug-likeness (QED) is 0.597. The molecule has 1 saturated heterocycles. The van der Waals surface area contributed by atoms with Crippen LogP contribution in [0, 0.1) is 23.2 Å². The zero-order valence-corrected chi connectivity index (χ0v) is 18.3. The third-order valence-electron chi connectivity index (χ3n) is 6.21. The van der Waals surface area contributed by atoms with Gasteiger partial charge >= 0.3 is 0 Å². The Morgan fingerprint density at radius 1 is 1.21 bits per heavy atom. The normalized spacial score (nSPS) is 20.4. The van der Waals surface area contributed by atoms with Crippen LogP contribution in [0.4, 0.5) is 11.8 Å². The Morgan fingerprint density at radius 2 is 1.91 bits per heavy atom. The number of anilines is 2. The van der Waals surface area contributed by atoms with Crippen LogP contribution in [0.1, 0.15) is 29.9 Å². The molecule has 1 aromatic carbocycles. The number of carbonyl (C=O) groups is 2. The first-order valence-corrected chi connectivity index (χ1v) is 10.5. The fourth-order valence-electron chi connectivity index (χ4n) is 4.43. The third kappa shape index (κ3) is 3.95. The number of nitrogens with zero attached hydrogens (tertiary/aromatic N) is 3. The second-order valence-corrected chi connectivity index (χ2v) is 8.00. The second-order valence-electron chi connectivity index (χ2n) is 8.00. The first kappa shape index (κ1) is 22.1. The Labute approximate surface area is 189 Å². The van der Waals surface area contributed by atoms with Gasteiger partial charge in [0, 0.05) is 24.9 Å². The minimum atomic E-state index is -1.13. The van der Waals surface area contributed by atoms with E-state index in [0.717, 1.165) is 0 Å². The molecule has 2 aromatic rings. The summed E-state index contributed by atoms with van der Waals surface area (Å²) >= 11 is 0. The van der Waals surface area contributed by atoms with Crippen LogP contribution in [-0.2, 0) is 9.59 Å². The van der Waals surface area contributed by atoms with E-state index in [9.17, 15) is 19.6 Å². The van der Waals surface area contributed by atoms with Crippen molar-refractivity contribution in [1.29, 1.82) is 5.26 Å². The Bertz CT molecular complexity index is 1190. The van der Waals surface area contributed by atoms with Crippen LogP contribution in [-0.4, -0.2) is 49.1 Å². The lowest BCUT2D eigenvalue weighted by Gasteiger charge is -2.33. The molecular formula is C22H24N6O5. The van der Waals surface area contributed by atoms with Crippen molar-refractivity contribution in [1.82, 2.24) is 9.97 Å². The van der Waals surface area contributed by atoms with Crippen molar-refractivity contribution in [3.05, 3.63) is 39.7 Å². The number of fused-ring (bicyclic) bond motifs is 1. The van der Waals surface area contributed by atoms with Gasteiger partial charge in [0.1, 0.15) is 11.7 Å². The predicted octanol–water partition coefficient (Wildman–Crippen LogP) is 0.713. The van der Waals surface area contributed by atoms with Gasteiger partial charge in [0.25, 0.3) is 5.56 Å². The van der Waals surface area contributed by atoms with Crippen LogP contribution in [0.15, 0.2) is 23.0 Å². The number of methoxy groups -OCH3 is 2. The molecule has 11 nitrogen and oxygen atoms in total. The summed E-state index contributed by atoms with van der Waals surface area (Å²) < 4.78 is 10.6. The first-order chi connectivity index (χ1) is 15.9. The first-order valence-electron chi connectivity index (χ1n) is 10.5. The molecule has 0 bridgehead atoms. The molecule has 0 spiro atoms. The van der Waals surface area contributed by atoms with E-state index in [0.29, 0.717) is 48.9 Å². The highest BCUT2D eigenvalue weighted by Crippen LogP contribution is 2.41. The molecule has 2 aliphatic rings. The third-order valence-corrected chi connectivity index (χ3v) is 6.21. The maximum Gasteiger partial charge on any atom is 0.258 e. The molecule has 11 heteroatoms. The number of primary amides is 1. The molecule has 2 unspecified atom stereocenters. The summed E-state index contributed by atoms with van der Waals surface area (Å²) in [7, 11) is 2.98. The number of aromatic nitrogens is 2. The molecule has 2 amide bonds. The topological polar surface area (TPSA) is 163 Å². The largest absolute Gasteiger partial charge is 0.493 e. The Kier molecular flexibility index (Phi) is 5.91. The average Bonchev–Trinajstić information content (AvgIpc) is 2.82. The van der Waals surface area contributed by atoms with E-state index in [4.69, 9.17) is 15.2 Å². The number of nitriles is 1. The smallest absolute Gasteiger partial charge is 0.258 e. The SMILES string of the molecule is COc1ccc(C2c3c(nc(N4CCC(C(N)=O)CC4)[nH]c3=O)NC(=O)C2C#N)cc1OC. The predicted molar refractivity (Wildman–Crippen MR) is 118 cm³/mol. The molecule has 4 rings (SSSR count). The lowest BCUT2D eigenvalue weighted by molar-refractivity contribution is -0.122. The number of aromatic amines is 1. The molecule has 0 radical (unpaired) electrons. The summed E-state index contributed by atoms with van der Waals surface area (Å²) in [6.45, 7) is 0.979. The Balaban J connectivity index is 1.76. The van der Waals surface area contributed by atoms with Gasteiger partial charge in [-0.3, -0.25) is 19.4 Å². The van der Waals surface area contributed by atoms with Gasteiger partial charge in [0.05, 0.1) is 25.9 Å². The van der Waals surface area contributed by atoms with Gasteiger partial charge in [-0.2, -0.15) is 10.2 Å². The van der Waals surface area contributed by atoms with Gasteiger partial charge in [-0.15, -0.1) is 0 Å². The lowest BCUT2D eigenvalue weighted by Crippen LogP contribution is -2.42. The summed E-state index contributed by atoms with van der Waals surface area (Å²) in [5, 5.41) is 12.3. The number of H-pyrrole nitrogens is 1. The molecule has 2 atom stereocenters. The molecule has 1 fully saturated rings. The maximum absolute atomic E-state index is 13.2. The highest BCUT2D eigenvalue weighted by Gasteiger charge is 2.41. The number of amides is 2. The van der Waals surface area contributed by atoms with Gasteiger partial charge in [-0.05, 0) is 30.5 Å². The van der Waals surface area contributed by atoms with Crippen molar-refractivity contribution in [2.45, 2.75) is 18.8 Å². The Hall–Kier alpha value is -4.07. The fraction of sp³-hybridized carbons (Fsp3) is 0.409. The fourth-order valence-corrected chi connectivity index (χ4v) is 4.43. The highest BCUT2D eigenvalue weighted by molar-refractivity contribution is 5.98. The standard InChI is InChI=1S/C22H24N6O5/c1-32-14-4-3-12(9-15(14)33-2)16-13(10-23)20(30)25-19-17(16)21(31)27-22(26-19)28-7-5-11(6-8-28)18(24)29/h3-4,9,11,13,16H,5-8H2,1-2H3,(H2,24,29)(H2,25,26,27,30,31). The van der Waals surface area contributed by atoms with E-state index < -0.39 is 23.3 Å². The maximum atomic E-state index is 13.2. The number of nitrogens with one attached hydrogen (secondary N) is 2. The van der Waals surface area contributed by atoms with Crippen molar-refractivity contribution < 1.29 is 19.1 Å². The van der Waals surface area contributed by atoms with Crippen LogP contribution in [0.2, 0.25) is 0 Å². The summed E-state index contributed by atoms with van der Waals surface area (Å²) in [5.74, 6) is -1.76. The number of carbonyl (C=O) groups excluding carboxylic acids is 2. The minimum Gasteiger partial charge on any atom is -0.493 e. The van der Waals surface area contributed by atoms with E-state index in [1.807, 2.05) is 11.0 Å². The van der Waals surface area contributed by atoms with Gasteiger partial charge in [-0.25, -0.2) is 0 Å². The molecular weight excluding hydrogens is 428 g/mol. The molecule has 2 aliphatic heterocycles. The van der Waals surface area contributed by atoms with E-state index in [1.165, 1.54) is 14.2 Å². The van der Waals surface area contributed by atoms with E-state index in [1.54, 1.807) is 18.2 Å². The van der Waals surface area contributed by atoms with Crippen LogP contribution in [0.25, 0.3) is 0 Å². The zero-order valence-electron chi connectivity index (χ0n) is 18.3. The summed E-state index contributed by atoms with van der Waals surface area (Å²) in [6.07, 6.45) is 1.10. The Morgan fingerprint density at radius 3 is 2.52 bits per heavy atom. The summed E-state index contributed by atoms with van der Waals surface area (Å²) in [6, 6.07) is 7.02. The highest BCUT2D eigenvalue weighted by atomic mass is 16.5. The van der Waals surface area contributed by atoms with Crippen LogP contribution in [0.3, 0.4) is 0 Å². The number of hydrogen-bond acceptors (Lipinski definition) is 8. The minimum absolute atomic E-state index is 0.113. The van der Waals surface area contributed by atoms with E-state index in [2.05, 4.69) is 15.3 Å². The molecule has 3 heterocycles. The molecule has 4 N–H and O–H groups in total. The monoisotopic (exact) mass is 452 g/mol. The number of hydrogen-bond donors (Lipinski definition) is 3. The number of ether oxygens (including phenoxy) is 2. The van der Waals surface area contributed by atoms with Crippen LogP contribution >= 0.6 is 0 Å². The summed E-state index contributed by atoms with van der Waals surface area (Å²) in [5.41, 5.74) is 5.70. The molecule has 33 heavy (non-hydrogen) atoms. The van der Waals surface area contributed by atoms with Crippen molar-refractivity contribution >= 4 is 23.6 Å². The van der Waals surface area contributed by atoms with Crippen molar-refractivity contribution in [2.24, 2.45) is 17.6 Å². The van der Waals surface area contributed by atoms with Gasteiger partial charge in [0.15, 0.2) is 11.5 Å². The van der Waals surface area contributed by atoms with Crippen molar-refractivity contribution in [3.8, 4) is 17.6 Å². The number of nitrogens with two attached hydrogens (primary N) is 1. The van der Waals surface area contributed by atoms with Gasteiger partial charge < -0.3 is 25.4 Å². The van der Waals surface area contributed by atoms with Crippen molar-refractivity contribution in [2.75, 3.05) is 37.5 Å². The second kappa shape index (κ2) is 8.82.